The molecule has 0 aromatic rings. The minimum absolute atomic E-state index is 0.0677. The Bertz CT molecular complexity index is 590. The van der Waals surface area contributed by atoms with Gasteiger partial charge in [-0.1, -0.05) is 40.7 Å². The fourth-order valence-electron chi connectivity index (χ4n) is 6.90. The van der Waals surface area contributed by atoms with Crippen molar-refractivity contribution in [3.8, 4) is 0 Å². The van der Waals surface area contributed by atoms with Crippen molar-refractivity contribution >= 4 is 11.8 Å². The summed E-state index contributed by atoms with van der Waals surface area (Å²) in [5, 5.41) is 0. The van der Waals surface area contributed by atoms with E-state index in [0.717, 1.165) is 19.3 Å². The first-order valence-corrected chi connectivity index (χ1v) is 9.38. The Morgan fingerprint density at radius 2 is 1.75 bits per heavy atom. The van der Waals surface area contributed by atoms with E-state index in [4.69, 9.17) is 4.74 Å². The van der Waals surface area contributed by atoms with E-state index < -0.39 is 5.92 Å². The van der Waals surface area contributed by atoms with Crippen LogP contribution in [0.5, 0.6) is 0 Å². The molecule has 0 bridgehead atoms. The number of hydrogen-bond donors (Lipinski definition) is 0. The monoisotopic (exact) mass is 332 g/mol. The second-order valence-corrected chi connectivity index (χ2v) is 9.61. The third kappa shape index (κ3) is 2.23. The van der Waals surface area contributed by atoms with Gasteiger partial charge in [0.25, 0.3) is 0 Å². The molecule has 3 heteroatoms. The highest BCUT2D eigenvalue weighted by Gasteiger charge is 2.64. The van der Waals surface area contributed by atoms with Gasteiger partial charge < -0.3 is 4.74 Å². The Kier molecular flexibility index (Phi) is 4.01. The molecular weight excluding hydrogens is 300 g/mol. The molecule has 0 aromatic carbocycles. The van der Waals surface area contributed by atoms with E-state index in [9.17, 15) is 9.59 Å². The second-order valence-electron chi connectivity index (χ2n) is 9.61. The smallest absolute Gasteiger partial charge is 0.313 e. The summed E-state index contributed by atoms with van der Waals surface area (Å²) in [5.41, 5.74) is 0.693. The van der Waals surface area contributed by atoms with Crippen LogP contribution >= 0.6 is 0 Å². The van der Waals surface area contributed by atoms with Gasteiger partial charge in [-0.2, -0.15) is 0 Å². The van der Waals surface area contributed by atoms with Gasteiger partial charge in [0.2, 0.25) is 0 Å². The van der Waals surface area contributed by atoms with Crippen molar-refractivity contribution < 1.29 is 14.3 Å². The largest absolute Gasteiger partial charge is 0.469 e. The third-order valence-corrected chi connectivity index (χ3v) is 8.03. The Labute approximate surface area is 146 Å². The molecule has 0 aliphatic heterocycles. The van der Waals surface area contributed by atoms with Gasteiger partial charge in [-0.25, -0.2) is 0 Å². The van der Waals surface area contributed by atoms with Crippen molar-refractivity contribution in [1.82, 2.24) is 0 Å². The number of rotatable bonds is 1. The van der Waals surface area contributed by atoms with Crippen LogP contribution in [0.1, 0.15) is 66.2 Å². The van der Waals surface area contributed by atoms with Crippen molar-refractivity contribution in [2.45, 2.75) is 66.2 Å². The lowest BCUT2D eigenvalue weighted by Crippen LogP contribution is -2.60. The Morgan fingerprint density at radius 1 is 1.08 bits per heavy atom. The molecule has 1 unspecified atom stereocenters. The fraction of sp³-hybridized carbons (Fsp3) is 0.810. The van der Waals surface area contributed by atoms with Gasteiger partial charge in [0, 0.05) is 12.0 Å². The highest BCUT2D eigenvalue weighted by Crippen LogP contribution is 2.68. The molecule has 3 nitrogen and oxygen atoms in total. The molecule has 0 heterocycles. The highest BCUT2D eigenvalue weighted by atomic mass is 16.5. The first kappa shape index (κ1) is 17.7. The first-order valence-electron chi connectivity index (χ1n) is 9.38. The number of fused-ring (bicyclic) bond motifs is 3. The standard InChI is InChI=1S/C21H32O3/c1-13-14(22)12-16-20(4)10-7-9-19(2,3)15(20)8-11-21(16,5)17(13)18(23)24-6/h15-17H,1,7-12H2,2-6H3/t15-,16+,17?,20-,21+/m0/s1. The van der Waals surface area contributed by atoms with Crippen LogP contribution in [0.4, 0.5) is 0 Å². The van der Waals surface area contributed by atoms with Gasteiger partial charge in [-0.15, -0.1) is 0 Å². The van der Waals surface area contributed by atoms with Crippen LogP contribution in [0.3, 0.4) is 0 Å². The van der Waals surface area contributed by atoms with Gasteiger partial charge in [0.15, 0.2) is 5.78 Å². The van der Waals surface area contributed by atoms with Crippen LogP contribution in [0, 0.1) is 34.0 Å². The van der Waals surface area contributed by atoms with Crippen LogP contribution in [-0.4, -0.2) is 18.9 Å². The lowest BCUT2D eigenvalue weighted by Gasteiger charge is -2.65. The van der Waals surface area contributed by atoms with Gasteiger partial charge in [-0.05, 0) is 53.8 Å². The van der Waals surface area contributed by atoms with E-state index in [1.807, 2.05) is 0 Å². The summed E-state index contributed by atoms with van der Waals surface area (Å²) in [6.07, 6.45) is 6.29. The number of esters is 1. The van der Waals surface area contributed by atoms with Crippen LogP contribution in [0.25, 0.3) is 0 Å². The maximum absolute atomic E-state index is 12.7. The van der Waals surface area contributed by atoms with Crippen molar-refractivity contribution in [3.05, 3.63) is 12.2 Å². The predicted octanol–water partition coefficient (Wildman–Crippen LogP) is 4.55. The molecule has 3 fully saturated rings. The quantitative estimate of drug-likeness (QED) is 0.522. The minimum Gasteiger partial charge on any atom is -0.469 e. The lowest BCUT2D eigenvalue weighted by molar-refractivity contribution is -0.177. The van der Waals surface area contributed by atoms with E-state index >= 15 is 0 Å². The summed E-state index contributed by atoms with van der Waals surface area (Å²) < 4.78 is 5.08. The van der Waals surface area contributed by atoms with Gasteiger partial charge in [0.05, 0.1) is 13.0 Å². The van der Waals surface area contributed by atoms with E-state index in [0.29, 0.717) is 23.3 Å². The molecule has 3 aliphatic rings. The maximum atomic E-state index is 12.7. The summed E-state index contributed by atoms with van der Waals surface area (Å²) in [6, 6.07) is 0. The van der Waals surface area contributed by atoms with Crippen molar-refractivity contribution in [2.75, 3.05) is 7.11 Å². The number of carbonyl (C=O) groups excluding carboxylic acids is 2. The third-order valence-electron chi connectivity index (χ3n) is 8.03. The number of Topliss-reactive ketones (excluding diaryl/α,β-unsaturated/α-hetero) is 1. The summed E-state index contributed by atoms with van der Waals surface area (Å²) in [6.45, 7) is 13.4. The lowest BCUT2D eigenvalue weighted by atomic mass is 9.39. The highest BCUT2D eigenvalue weighted by molar-refractivity contribution is 6.01. The Balaban J connectivity index is 2.08. The van der Waals surface area contributed by atoms with Crippen molar-refractivity contribution in [1.29, 1.82) is 0 Å². The van der Waals surface area contributed by atoms with Crippen molar-refractivity contribution in [3.63, 3.8) is 0 Å². The molecule has 0 aromatic heterocycles. The zero-order valence-corrected chi connectivity index (χ0v) is 15.9. The normalized spacial score (nSPS) is 44.5. The Morgan fingerprint density at radius 3 is 2.38 bits per heavy atom. The van der Waals surface area contributed by atoms with Gasteiger partial charge >= 0.3 is 5.97 Å². The number of methoxy groups -OCH3 is 1. The zero-order valence-electron chi connectivity index (χ0n) is 15.9. The topological polar surface area (TPSA) is 43.4 Å². The molecule has 3 saturated carbocycles. The van der Waals surface area contributed by atoms with E-state index in [1.54, 1.807) is 0 Å². The molecule has 0 radical (unpaired) electrons. The zero-order chi connectivity index (χ0) is 17.9. The molecular formula is C21H32O3. The molecule has 0 saturated heterocycles. The molecule has 0 N–H and O–H groups in total. The Hall–Kier alpha value is -1.12. The molecule has 0 spiro atoms. The average Bonchev–Trinajstić information content (AvgIpc) is 2.48. The SMILES string of the molecule is C=C1C(=O)C[C@@H]2[C@@]3(C)CCCC(C)(C)[C@@H]3CC[C@@]2(C)C1C(=O)OC. The first-order chi connectivity index (χ1) is 11.1. The predicted molar refractivity (Wildman–Crippen MR) is 94.3 cm³/mol. The summed E-state index contributed by atoms with van der Waals surface area (Å²) in [4.78, 5) is 25.2. The van der Waals surface area contributed by atoms with Gasteiger partial charge in [0.1, 0.15) is 0 Å². The number of ketones is 1. The summed E-state index contributed by atoms with van der Waals surface area (Å²) >= 11 is 0. The summed E-state index contributed by atoms with van der Waals surface area (Å²) in [5.74, 6) is 0.173. The molecule has 134 valence electrons. The van der Waals surface area contributed by atoms with E-state index in [2.05, 4.69) is 34.3 Å². The van der Waals surface area contributed by atoms with Crippen LogP contribution in [-0.2, 0) is 14.3 Å². The van der Waals surface area contributed by atoms with Gasteiger partial charge in [-0.3, -0.25) is 9.59 Å². The second kappa shape index (κ2) is 5.44. The van der Waals surface area contributed by atoms with Crippen molar-refractivity contribution in [2.24, 2.45) is 34.0 Å². The van der Waals surface area contributed by atoms with Crippen LogP contribution < -0.4 is 0 Å². The molecule has 3 aliphatic carbocycles. The fourth-order valence-corrected chi connectivity index (χ4v) is 6.90. The maximum Gasteiger partial charge on any atom is 0.313 e. The van der Waals surface area contributed by atoms with Crippen LogP contribution in [0.15, 0.2) is 12.2 Å². The molecule has 24 heavy (non-hydrogen) atoms. The number of ether oxygens (including phenoxy) is 1. The summed E-state index contributed by atoms with van der Waals surface area (Å²) in [7, 11) is 1.42. The molecule has 5 atom stereocenters. The average molecular weight is 332 g/mol. The van der Waals surface area contributed by atoms with E-state index in [-0.39, 0.29) is 28.5 Å². The van der Waals surface area contributed by atoms with E-state index in [1.165, 1.54) is 20.0 Å². The minimum atomic E-state index is -0.475. The molecule has 0 amide bonds. The number of carbonyl (C=O) groups is 2. The molecule has 3 rings (SSSR count). The number of hydrogen-bond acceptors (Lipinski definition) is 3. The van der Waals surface area contributed by atoms with Crippen LogP contribution in [0.2, 0.25) is 0 Å².